The Balaban J connectivity index is 2.69. The van der Waals surface area contributed by atoms with Crippen LogP contribution in [0.25, 0.3) is 0 Å². The molecule has 0 aromatic heterocycles. The summed E-state index contributed by atoms with van der Waals surface area (Å²) >= 11 is 0. The fourth-order valence-corrected chi connectivity index (χ4v) is 0.977. The van der Waals surface area contributed by atoms with E-state index in [1.54, 1.807) is 12.1 Å². The molecule has 0 saturated carbocycles. The van der Waals surface area contributed by atoms with Crippen molar-refractivity contribution in [3.05, 3.63) is 34.4 Å². The lowest BCUT2D eigenvalue weighted by molar-refractivity contribution is -0.385. The first-order chi connectivity index (χ1) is 6.75. The number of nitrogens with zero attached hydrogens (tertiary/aromatic N) is 1. The average Bonchev–Trinajstić information content (AvgIpc) is 2.19. The van der Waals surface area contributed by atoms with Gasteiger partial charge in [0.25, 0.3) is 0 Å². The molecule has 0 fully saturated rings. The van der Waals surface area contributed by atoms with E-state index in [9.17, 15) is 10.1 Å². The van der Waals surface area contributed by atoms with Gasteiger partial charge in [0.15, 0.2) is 5.75 Å². The number of nitro groups is 1. The lowest BCUT2D eigenvalue weighted by atomic mass is 10.3. The molecule has 1 aromatic rings. The molecule has 0 aliphatic rings. The lowest BCUT2D eigenvalue weighted by Gasteiger charge is -2.04. The summed E-state index contributed by atoms with van der Waals surface area (Å²) in [6.07, 6.45) is 0.464. The molecular formula is C9H11NO4. The van der Waals surface area contributed by atoms with E-state index in [0.29, 0.717) is 6.42 Å². The van der Waals surface area contributed by atoms with Gasteiger partial charge in [0.1, 0.15) is 0 Å². The number of ether oxygens (including phenoxy) is 1. The molecule has 0 atom stereocenters. The monoisotopic (exact) mass is 197 g/mol. The zero-order valence-electron chi connectivity index (χ0n) is 7.55. The van der Waals surface area contributed by atoms with E-state index in [-0.39, 0.29) is 24.7 Å². The summed E-state index contributed by atoms with van der Waals surface area (Å²) < 4.78 is 5.14. The summed E-state index contributed by atoms with van der Waals surface area (Å²) in [5.74, 6) is 0.242. The van der Waals surface area contributed by atoms with Crippen molar-refractivity contribution >= 4 is 5.69 Å². The van der Waals surface area contributed by atoms with E-state index >= 15 is 0 Å². The molecule has 0 radical (unpaired) electrons. The SMILES string of the molecule is O=[N+]([O-])c1ccccc1OCCCO. The summed E-state index contributed by atoms with van der Waals surface area (Å²) in [4.78, 5) is 10.0. The fourth-order valence-electron chi connectivity index (χ4n) is 0.977. The van der Waals surface area contributed by atoms with E-state index in [0.717, 1.165) is 0 Å². The third-order valence-corrected chi connectivity index (χ3v) is 1.62. The number of nitro benzene ring substituents is 1. The molecule has 0 saturated heterocycles. The van der Waals surface area contributed by atoms with Gasteiger partial charge in [-0.1, -0.05) is 12.1 Å². The van der Waals surface area contributed by atoms with Gasteiger partial charge in [-0.15, -0.1) is 0 Å². The maximum Gasteiger partial charge on any atom is 0.310 e. The smallest absolute Gasteiger partial charge is 0.310 e. The second-order valence-electron chi connectivity index (χ2n) is 2.65. The summed E-state index contributed by atoms with van der Waals surface area (Å²) in [5, 5.41) is 19.0. The molecule has 1 rings (SSSR count). The summed E-state index contributed by atoms with van der Waals surface area (Å²) in [7, 11) is 0. The first-order valence-corrected chi connectivity index (χ1v) is 4.23. The van der Waals surface area contributed by atoms with Crippen LogP contribution in [-0.4, -0.2) is 23.2 Å². The Morgan fingerprint density at radius 1 is 1.43 bits per heavy atom. The Kier molecular flexibility index (Phi) is 3.87. The van der Waals surface area contributed by atoms with Gasteiger partial charge in [0, 0.05) is 19.1 Å². The zero-order chi connectivity index (χ0) is 10.4. The lowest BCUT2D eigenvalue weighted by Crippen LogP contribution is -2.01. The minimum Gasteiger partial charge on any atom is -0.487 e. The normalized spacial score (nSPS) is 9.79. The molecule has 1 N–H and O–H groups in total. The predicted molar refractivity (Wildman–Crippen MR) is 50.3 cm³/mol. The molecule has 0 spiro atoms. The number of benzene rings is 1. The van der Waals surface area contributed by atoms with E-state index in [1.807, 2.05) is 0 Å². The molecule has 0 heterocycles. The van der Waals surface area contributed by atoms with Gasteiger partial charge in [-0.25, -0.2) is 0 Å². The predicted octanol–water partition coefficient (Wildman–Crippen LogP) is 1.36. The standard InChI is InChI=1S/C9H11NO4/c11-6-3-7-14-9-5-2-1-4-8(9)10(12)13/h1-2,4-5,11H,3,6-7H2. The van der Waals surface area contributed by atoms with Gasteiger partial charge in [-0.2, -0.15) is 0 Å². The van der Waals surface area contributed by atoms with Crippen molar-refractivity contribution in [2.24, 2.45) is 0 Å². The van der Waals surface area contributed by atoms with Crippen LogP contribution in [0.5, 0.6) is 5.75 Å². The minimum atomic E-state index is -0.492. The summed E-state index contributed by atoms with van der Waals surface area (Å²) in [5.41, 5.74) is -0.0505. The fraction of sp³-hybridized carbons (Fsp3) is 0.333. The first kappa shape index (κ1) is 10.5. The Bertz CT molecular complexity index is 313. The number of hydrogen-bond donors (Lipinski definition) is 1. The number of hydrogen-bond acceptors (Lipinski definition) is 4. The van der Waals surface area contributed by atoms with Crippen molar-refractivity contribution in [3.63, 3.8) is 0 Å². The Morgan fingerprint density at radius 2 is 2.14 bits per heavy atom. The molecule has 5 nitrogen and oxygen atoms in total. The minimum absolute atomic E-state index is 0.0145. The summed E-state index contributed by atoms with van der Waals surface area (Å²) in [6, 6.07) is 6.17. The maximum absolute atomic E-state index is 10.5. The van der Waals surface area contributed by atoms with Gasteiger partial charge in [-0.3, -0.25) is 10.1 Å². The molecular weight excluding hydrogens is 186 g/mol. The topological polar surface area (TPSA) is 72.6 Å². The Hall–Kier alpha value is -1.62. The van der Waals surface area contributed by atoms with Crippen LogP contribution in [0.1, 0.15) is 6.42 Å². The number of aliphatic hydroxyl groups is 1. The molecule has 0 aliphatic heterocycles. The van der Waals surface area contributed by atoms with Crippen LogP contribution in [0.4, 0.5) is 5.69 Å². The van der Waals surface area contributed by atoms with E-state index in [1.165, 1.54) is 12.1 Å². The zero-order valence-corrected chi connectivity index (χ0v) is 7.55. The van der Waals surface area contributed by atoms with E-state index < -0.39 is 4.92 Å². The van der Waals surface area contributed by atoms with Crippen LogP contribution in [0.15, 0.2) is 24.3 Å². The highest BCUT2D eigenvalue weighted by molar-refractivity contribution is 5.45. The van der Waals surface area contributed by atoms with Gasteiger partial charge < -0.3 is 9.84 Å². The van der Waals surface area contributed by atoms with Crippen molar-refractivity contribution in [1.82, 2.24) is 0 Å². The van der Waals surface area contributed by atoms with Crippen molar-refractivity contribution in [2.45, 2.75) is 6.42 Å². The van der Waals surface area contributed by atoms with Crippen LogP contribution in [0.3, 0.4) is 0 Å². The second-order valence-corrected chi connectivity index (χ2v) is 2.65. The Labute approximate surface area is 81.1 Å². The van der Waals surface area contributed by atoms with Crippen LogP contribution in [0.2, 0.25) is 0 Å². The molecule has 76 valence electrons. The number of rotatable bonds is 5. The van der Waals surface area contributed by atoms with Crippen LogP contribution < -0.4 is 4.74 Å². The molecule has 1 aromatic carbocycles. The van der Waals surface area contributed by atoms with Gasteiger partial charge in [-0.05, 0) is 6.07 Å². The summed E-state index contributed by atoms with van der Waals surface area (Å²) in [6.45, 7) is 0.294. The van der Waals surface area contributed by atoms with Crippen LogP contribution in [0, 0.1) is 10.1 Å². The third-order valence-electron chi connectivity index (χ3n) is 1.62. The van der Waals surface area contributed by atoms with Crippen molar-refractivity contribution in [1.29, 1.82) is 0 Å². The van der Waals surface area contributed by atoms with Crippen LogP contribution in [-0.2, 0) is 0 Å². The van der Waals surface area contributed by atoms with Crippen LogP contribution >= 0.6 is 0 Å². The highest BCUT2D eigenvalue weighted by Gasteiger charge is 2.12. The van der Waals surface area contributed by atoms with Gasteiger partial charge in [0.2, 0.25) is 0 Å². The molecule has 14 heavy (non-hydrogen) atoms. The van der Waals surface area contributed by atoms with Gasteiger partial charge in [0.05, 0.1) is 11.5 Å². The van der Waals surface area contributed by atoms with Crippen molar-refractivity contribution in [3.8, 4) is 5.75 Å². The highest BCUT2D eigenvalue weighted by atomic mass is 16.6. The average molecular weight is 197 g/mol. The van der Waals surface area contributed by atoms with E-state index in [4.69, 9.17) is 9.84 Å². The van der Waals surface area contributed by atoms with Gasteiger partial charge >= 0.3 is 5.69 Å². The third kappa shape index (κ3) is 2.70. The molecule has 0 bridgehead atoms. The number of aliphatic hydroxyl groups excluding tert-OH is 1. The quantitative estimate of drug-likeness (QED) is 0.439. The largest absolute Gasteiger partial charge is 0.487 e. The molecule has 5 heteroatoms. The van der Waals surface area contributed by atoms with Crippen molar-refractivity contribution < 1.29 is 14.8 Å². The maximum atomic E-state index is 10.5. The first-order valence-electron chi connectivity index (χ1n) is 4.23. The second kappa shape index (κ2) is 5.18. The van der Waals surface area contributed by atoms with Crippen molar-refractivity contribution in [2.75, 3.05) is 13.2 Å². The molecule has 0 amide bonds. The Morgan fingerprint density at radius 3 is 2.79 bits per heavy atom. The molecule has 0 unspecified atom stereocenters. The highest BCUT2D eigenvalue weighted by Crippen LogP contribution is 2.25. The number of para-hydroxylation sites is 2. The van der Waals surface area contributed by atoms with E-state index in [2.05, 4.69) is 0 Å². The molecule has 0 aliphatic carbocycles.